The van der Waals surface area contributed by atoms with Gasteiger partial charge in [0.1, 0.15) is 0 Å². The first-order valence-electron chi connectivity index (χ1n) is 5.83. The summed E-state index contributed by atoms with van der Waals surface area (Å²) in [5.74, 6) is -0.876. The highest BCUT2D eigenvalue weighted by Crippen LogP contribution is 2.17. The number of carbonyl (C=O) groups is 1. The fourth-order valence-electron chi connectivity index (χ4n) is 1.65. The Bertz CT molecular complexity index is 379. The lowest BCUT2D eigenvalue weighted by Gasteiger charge is -2.11. The van der Waals surface area contributed by atoms with E-state index in [1.807, 2.05) is 0 Å². The molecule has 0 aliphatic rings. The molecule has 0 heterocycles. The van der Waals surface area contributed by atoms with Crippen molar-refractivity contribution in [1.82, 2.24) is 0 Å². The molecule has 100 valence electrons. The van der Waals surface area contributed by atoms with Crippen LogP contribution in [0.3, 0.4) is 0 Å². The Morgan fingerprint density at radius 1 is 1.22 bits per heavy atom. The van der Waals surface area contributed by atoms with Gasteiger partial charge in [0, 0.05) is 18.9 Å². The summed E-state index contributed by atoms with van der Waals surface area (Å²) in [4.78, 5) is 10.4. The lowest BCUT2D eigenvalue weighted by Crippen LogP contribution is -2.12. The molecule has 0 saturated carbocycles. The molecule has 5 heteroatoms. The van der Waals surface area contributed by atoms with Crippen molar-refractivity contribution >= 4 is 5.97 Å². The number of benzene rings is 1. The van der Waals surface area contributed by atoms with E-state index in [0.29, 0.717) is 12.8 Å². The van der Waals surface area contributed by atoms with E-state index >= 15 is 0 Å². The van der Waals surface area contributed by atoms with E-state index in [1.54, 1.807) is 24.3 Å². The van der Waals surface area contributed by atoms with Crippen LogP contribution in [-0.4, -0.2) is 17.5 Å². The maximum absolute atomic E-state index is 12.0. The topological polar surface area (TPSA) is 63.3 Å². The molecular formula is C13H17F2NO2. The van der Waals surface area contributed by atoms with E-state index in [1.165, 1.54) is 0 Å². The van der Waals surface area contributed by atoms with E-state index in [4.69, 9.17) is 10.8 Å². The van der Waals surface area contributed by atoms with Gasteiger partial charge < -0.3 is 10.8 Å². The van der Waals surface area contributed by atoms with Crippen molar-refractivity contribution in [3.8, 4) is 0 Å². The lowest BCUT2D eigenvalue weighted by molar-refractivity contribution is -0.137. The highest BCUT2D eigenvalue weighted by Gasteiger charge is 2.09. The van der Waals surface area contributed by atoms with Crippen LogP contribution in [0.4, 0.5) is 8.78 Å². The van der Waals surface area contributed by atoms with Crippen LogP contribution in [0.5, 0.6) is 0 Å². The van der Waals surface area contributed by atoms with Crippen molar-refractivity contribution in [2.75, 3.05) is 0 Å². The molecule has 1 aromatic rings. The van der Waals surface area contributed by atoms with Gasteiger partial charge in [-0.25, -0.2) is 8.78 Å². The molecule has 0 spiro atoms. The van der Waals surface area contributed by atoms with Gasteiger partial charge in [-0.05, 0) is 24.0 Å². The highest BCUT2D eigenvalue weighted by atomic mass is 19.3. The smallest absolute Gasteiger partial charge is 0.303 e. The first kappa shape index (κ1) is 14.6. The van der Waals surface area contributed by atoms with Crippen LogP contribution in [-0.2, 0) is 11.2 Å². The van der Waals surface area contributed by atoms with Crippen LogP contribution in [0.2, 0.25) is 0 Å². The average molecular weight is 257 g/mol. The van der Waals surface area contributed by atoms with Crippen LogP contribution in [0.15, 0.2) is 24.3 Å². The molecule has 0 fully saturated rings. The summed E-state index contributed by atoms with van der Waals surface area (Å²) >= 11 is 0. The minimum absolute atomic E-state index is 0.0221. The van der Waals surface area contributed by atoms with Gasteiger partial charge in [-0.3, -0.25) is 4.79 Å². The zero-order valence-electron chi connectivity index (χ0n) is 9.98. The Morgan fingerprint density at radius 2 is 1.83 bits per heavy atom. The average Bonchev–Trinajstić information content (AvgIpc) is 2.34. The van der Waals surface area contributed by atoms with Crippen molar-refractivity contribution in [2.24, 2.45) is 5.73 Å². The van der Waals surface area contributed by atoms with Crippen LogP contribution in [0, 0.1) is 0 Å². The van der Waals surface area contributed by atoms with Gasteiger partial charge in [-0.2, -0.15) is 0 Å². The lowest BCUT2D eigenvalue weighted by atomic mass is 10.0. The second-order valence-corrected chi connectivity index (χ2v) is 4.21. The third kappa shape index (κ3) is 5.23. The summed E-state index contributed by atoms with van der Waals surface area (Å²) in [5.41, 5.74) is 7.50. The molecular weight excluding hydrogens is 240 g/mol. The Kier molecular flexibility index (Phi) is 5.71. The second kappa shape index (κ2) is 7.06. The minimum Gasteiger partial charge on any atom is -0.481 e. The number of carboxylic acids is 1. The number of rotatable bonds is 7. The first-order valence-corrected chi connectivity index (χ1v) is 5.83. The van der Waals surface area contributed by atoms with Gasteiger partial charge in [-0.15, -0.1) is 0 Å². The van der Waals surface area contributed by atoms with Crippen LogP contribution < -0.4 is 5.73 Å². The molecule has 3 N–H and O–H groups in total. The SMILES string of the molecule is NC(CCC(=O)O)c1ccc(CCC(F)F)cc1. The molecule has 0 amide bonds. The summed E-state index contributed by atoms with van der Waals surface area (Å²) in [6.07, 6.45) is -1.71. The molecule has 1 unspecified atom stereocenters. The summed E-state index contributed by atoms with van der Waals surface area (Å²) in [5, 5.41) is 8.55. The normalized spacial score (nSPS) is 12.7. The standard InChI is InChI=1S/C13H17F2NO2/c14-12(15)7-3-9-1-4-10(5-2-9)11(16)6-8-13(17)18/h1-2,4-5,11-12H,3,6-8,16H2,(H,17,18). The number of carboxylic acid groups (broad SMARTS) is 1. The van der Waals surface area contributed by atoms with Crippen molar-refractivity contribution < 1.29 is 18.7 Å². The molecule has 0 bridgehead atoms. The predicted molar refractivity (Wildman–Crippen MR) is 64.6 cm³/mol. The number of hydrogen-bond donors (Lipinski definition) is 2. The van der Waals surface area contributed by atoms with E-state index < -0.39 is 12.4 Å². The van der Waals surface area contributed by atoms with Crippen molar-refractivity contribution in [1.29, 1.82) is 0 Å². The van der Waals surface area contributed by atoms with Crippen molar-refractivity contribution in [3.63, 3.8) is 0 Å². The van der Waals surface area contributed by atoms with Crippen LogP contribution in [0.25, 0.3) is 0 Å². The Balaban J connectivity index is 2.51. The molecule has 0 aliphatic carbocycles. The summed E-state index contributed by atoms with van der Waals surface area (Å²) < 4.78 is 24.1. The van der Waals surface area contributed by atoms with Gasteiger partial charge in [0.25, 0.3) is 0 Å². The third-order valence-electron chi connectivity index (χ3n) is 2.73. The number of alkyl halides is 2. The highest BCUT2D eigenvalue weighted by molar-refractivity contribution is 5.66. The molecule has 0 aliphatic heterocycles. The quantitative estimate of drug-likeness (QED) is 0.789. The van der Waals surface area contributed by atoms with Gasteiger partial charge in [0.15, 0.2) is 0 Å². The molecule has 0 saturated heterocycles. The second-order valence-electron chi connectivity index (χ2n) is 4.21. The number of aryl methyl sites for hydroxylation is 1. The molecule has 18 heavy (non-hydrogen) atoms. The van der Waals surface area contributed by atoms with Crippen LogP contribution >= 0.6 is 0 Å². The van der Waals surface area contributed by atoms with E-state index in [0.717, 1.165) is 11.1 Å². The van der Waals surface area contributed by atoms with Crippen molar-refractivity contribution in [3.05, 3.63) is 35.4 Å². The number of halogens is 2. The fraction of sp³-hybridized carbons (Fsp3) is 0.462. The van der Waals surface area contributed by atoms with Gasteiger partial charge in [0.2, 0.25) is 6.43 Å². The monoisotopic (exact) mass is 257 g/mol. The molecule has 3 nitrogen and oxygen atoms in total. The number of aliphatic carboxylic acids is 1. The molecule has 1 rings (SSSR count). The number of nitrogens with two attached hydrogens (primary N) is 1. The molecule has 0 aromatic heterocycles. The van der Waals surface area contributed by atoms with Gasteiger partial charge >= 0.3 is 5.97 Å². The fourth-order valence-corrected chi connectivity index (χ4v) is 1.65. The van der Waals surface area contributed by atoms with Gasteiger partial charge in [-0.1, -0.05) is 24.3 Å². The van der Waals surface area contributed by atoms with E-state index in [2.05, 4.69) is 0 Å². The maximum Gasteiger partial charge on any atom is 0.303 e. The summed E-state index contributed by atoms with van der Waals surface area (Å²) in [6.45, 7) is 0. The minimum atomic E-state index is -2.29. The van der Waals surface area contributed by atoms with E-state index in [9.17, 15) is 13.6 Å². The summed E-state index contributed by atoms with van der Waals surface area (Å²) in [6, 6.07) is 6.74. The maximum atomic E-state index is 12.0. The molecule has 1 atom stereocenters. The predicted octanol–water partition coefficient (Wildman–Crippen LogP) is 2.75. The molecule has 0 radical (unpaired) electrons. The third-order valence-corrected chi connectivity index (χ3v) is 2.73. The van der Waals surface area contributed by atoms with Gasteiger partial charge in [0.05, 0.1) is 0 Å². The van der Waals surface area contributed by atoms with Crippen molar-refractivity contribution in [2.45, 2.75) is 38.2 Å². The summed E-state index contributed by atoms with van der Waals surface area (Å²) in [7, 11) is 0. The number of hydrogen-bond acceptors (Lipinski definition) is 2. The Morgan fingerprint density at radius 3 is 2.33 bits per heavy atom. The first-order chi connectivity index (χ1) is 8.49. The van der Waals surface area contributed by atoms with Crippen LogP contribution in [0.1, 0.15) is 36.4 Å². The van der Waals surface area contributed by atoms with E-state index in [-0.39, 0.29) is 18.9 Å². The Labute approximate surface area is 105 Å². The zero-order valence-corrected chi connectivity index (χ0v) is 9.98. The zero-order chi connectivity index (χ0) is 13.5. The Hall–Kier alpha value is -1.49. The largest absolute Gasteiger partial charge is 0.481 e. The molecule has 1 aromatic carbocycles.